The molecule has 0 bridgehead atoms. The number of nitro benzene ring substituents is 1. The number of halogens is 1. The molecule has 3 N–H and O–H groups in total. The summed E-state index contributed by atoms with van der Waals surface area (Å²) in [5, 5.41) is 19.9. The average molecular weight is 245 g/mol. The van der Waals surface area contributed by atoms with Gasteiger partial charge in [-0.15, -0.1) is 19.0 Å². The van der Waals surface area contributed by atoms with Crippen LogP contribution < -0.4 is 5.73 Å². The summed E-state index contributed by atoms with van der Waals surface area (Å²) in [5.41, 5.74) is 5.96. The van der Waals surface area contributed by atoms with Gasteiger partial charge in [0, 0.05) is 12.1 Å². The van der Waals surface area contributed by atoms with Gasteiger partial charge in [-0.25, -0.2) is 0 Å². The lowest BCUT2D eigenvalue weighted by molar-refractivity contribution is -0.385. The summed E-state index contributed by atoms with van der Waals surface area (Å²) in [5.74, 6) is -0.0323. The fraction of sp³-hybridized carbons (Fsp3) is 0.200. The van der Waals surface area contributed by atoms with Gasteiger partial charge in [0.2, 0.25) is 0 Å². The van der Waals surface area contributed by atoms with Gasteiger partial charge < -0.3 is 10.8 Å². The second-order valence-electron chi connectivity index (χ2n) is 3.13. The van der Waals surface area contributed by atoms with Gasteiger partial charge >= 0.3 is 0 Å². The normalized spacial score (nSPS) is 11.3. The minimum Gasteiger partial charge on any atom is -0.508 e. The van der Waals surface area contributed by atoms with E-state index in [1.165, 1.54) is 18.2 Å². The van der Waals surface area contributed by atoms with Crippen LogP contribution in [0.3, 0.4) is 0 Å². The number of nitrogens with zero attached hydrogens (tertiary/aromatic N) is 1. The van der Waals surface area contributed by atoms with Crippen molar-refractivity contribution in [2.45, 2.75) is 12.5 Å². The van der Waals surface area contributed by atoms with Crippen molar-refractivity contribution in [2.24, 2.45) is 5.73 Å². The summed E-state index contributed by atoms with van der Waals surface area (Å²) in [4.78, 5) is 10.2. The third-order valence-corrected chi connectivity index (χ3v) is 2.03. The Morgan fingerprint density at radius 2 is 2.25 bits per heavy atom. The van der Waals surface area contributed by atoms with E-state index >= 15 is 0 Å². The van der Waals surface area contributed by atoms with Crippen LogP contribution in [0.15, 0.2) is 30.9 Å². The molecule has 1 aromatic carbocycles. The molecule has 88 valence electrons. The van der Waals surface area contributed by atoms with Gasteiger partial charge in [0.25, 0.3) is 5.69 Å². The molecule has 5 nitrogen and oxygen atoms in total. The monoisotopic (exact) mass is 244 g/mol. The van der Waals surface area contributed by atoms with E-state index in [9.17, 15) is 15.2 Å². The van der Waals surface area contributed by atoms with E-state index in [-0.39, 0.29) is 23.8 Å². The third kappa shape index (κ3) is 3.22. The van der Waals surface area contributed by atoms with Crippen LogP contribution in [-0.4, -0.2) is 10.0 Å². The molecule has 0 heterocycles. The maximum Gasteiger partial charge on any atom is 0.274 e. The second-order valence-corrected chi connectivity index (χ2v) is 3.13. The molecule has 0 aliphatic rings. The van der Waals surface area contributed by atoms with E-state index in [4.69, 9.17) is 5.73 Å². The largest absolute Gasteiger partial charge is 0.508 e. The molecule has 0 aliphatic carbocycles. The molecule has 0 saturated heterocycles. The highest BCUT2D eigenvalue weighted by Gasteiger charge is 2.18. The van der Waals surface area contributed by atoms with Crippen molar-refractivity contribution in [3.05, 3.63) is 46.5 Å². The molecule has 0 aromatic heterocycles. The first-order valence-electron chi connectivity index (χ1n) is 4.40. The van der Waals surface area contributed by atoms with Gasteiger partial charge in [-0.2, -0.15) is 0 Å². The Bertz CT molecular complexity index is 396. The number of rotatable bonds is 4. The maximum absolute atomic E-state index is 10.7. The van der Waals surface area contributed by atoms with Gasteiger partial charge in [-0.3, -0.25) is 10.1 Å². The number of phenolic OH excluding ortho intramolecular Hbond substituents is 1. The number of phenols is 1. The Morgan fingerprint density at radius 3 is 2.75 bits per heavy atom. The van der Waals surface area contributed by atoms with Crippen molar-refractivity contribution >= 4 is 18.1 Å². The van der Waals surface area contributed by atoms with Crippen molar-refractivity contribution in [1.82, 2.24) is 0 Å². The van der Waals surface area contributed by atoms with Crippen molar-refractivity contribution in [2.75, 3.05) is 0 Å². The van der Waals surface area contributed by atoms with Crippen LogP contribution in [0.25, 0.3) is 0 Å². The van der Waals surface area contributed by atoms with Crippen molar-refractivity contribution in [3.8, 4) is 5.75 Å². The number of benzene rings is 1. The highest BCUT2D eigenvalue weighted by atomic mass is 35.5. The Hall–Kier alpha value is -1.59. The minimum absolute atomic E-state index is 0. The van der Waals surface area contributed by atoms with Crippen molar-refractivity contribution < 1.29 is 10.0 Å². The number of nitrogens with two attached hydrogens (primary N) is 1. The number of aromatic hydroxyl groups is 1. The molecule has 1 rings (SSSR count). The van der Waals surface area contributed by atoms with E-state index in [2.05, 4.69) is 6.58 Å². The fourth-order valence-corrected chi connectivity index (χ4v) is 1.31. The lowest BCUT2D eigenvalue weighted by Gasteiger charge is -2.09. The molecule has 0 aliphatic heterocycles. The standard InChI is InChI=1S/C10H12N2O3.ClH/c1-2-3-9(11)8-6-7(13)4-5-10(8)12(14)15;/h2,4-6,9,13H,1,3,11H2;1H/t9-;/m0./s1. The predicted octanol–water partition coefficient (Wildman–Crippen LogP) is 2.30. The van der Waals surface area contributed by atoms with E-state index in [0.717, 1.165) is 0 Å². The van der Waals surface area contributed by atoms with Crippen LogP contribution in [0.5, 0.6) is 5.75 Å². The van der Waals surface area contributed by atoms with Crippen LogP contribution in [0.1, 0.15) is 18.0 Å². The Balaban J connectivity index is 0.00000225. The zero-order valence-corrected chi connectivity index (χ0v) is 9.31. The SMILES string of the molecule is C=CC[C@H](N)c1cc(O)ccc1[N+](=O)[O-].Cl. The Morgan fingerprint density at radius 1 is 1.62 bits per heavy atom. The molecule has 0 saturated carbocycles. The fourth-order valence-electron chi connectivity index (χ4n) is 1.31. The second kappa shape index (κ2) is 6.09. The molecule has 0 amide bonds. The molecule has 0 spiro atoms. The number of hydrogen-bond acceptors (Lipinski definition) is 4. The third-order valence-electron chi connectivity index (χ3n) is 2.03. The van der Waals surface area contributed by atoms with Gasteiger partial charge in [0.15, 0.2) is 0 Å². The topological polar surface area (TPSA) is 89.4 Å². The minimum atomic E-state index is -0.519. The summed E-state index contributed by atoms with van der Waals surface area (Å²) >= 11 is 0. The molecule has 1 aromatic rings. The van der Waals surface area contributed by atoms with Gasteiger partial charge in [-0.05, 0) is 18.6 Å². The van der Waals surface area contributed by atoms with Crippen LogP contribution in [-0.2, 0) is 0 Å². The zero-order chi connectivity index (χ0) is 11.4. The van der Waals surface area contributed by atoms with E-state index < -0.39 is 11.0 Å². The Labute approximate surface area is 99.1 Å². The zero-order valence-electron chi connectivity index (χ0n) is 8.50. The number of hydrogen-bond donors (Lipinski definition) is 2. The van der Waals surface area contributed by atoms with E-state index in [0.29, 0.717) is 12.0 Å². The highest BCUT2D eigenvalue weighted by Crippen LogP contribution is 2.29. The summed E-state index contributed by atoms with van der Waals surface area (Å²) in [6.07, 6.45) is 2.00. The quantitative estimate of drug-likeness (QED) is 0.483. The molecule has 16 heavy (non-hydrogen) atoms. The smallest absolute Gasteiger partial charge is 0.274 e. The van der Waals surface area contributed by atoms with Gasteiger partial charge in [0.05, 0.1) is 10.5 Å². The molecule has 1 atom stereocenters. The molecule has 0 unspecified atom stereocenters. The average Bonchev–Trinajstić information content (AvgIpc) is 2.17. The van der Waals surface area contributed by atoms with Crippen LogP contribution >= 0.6 is 12.4 Å². The summed E-state index contributed by atoms with van der Waals surface area (Å²) in [6.45, 7) is 3.51. The first kappa shape index (κ1) is 14.4. The van der Waals surface area contributed by atoms with Crippen LogP contribution in [0.4, 0.5) is 5.69 Å². The van der Waals surface area contributed by atoms with Crippen molar-refractivity contribution in [3.63, 3.8) is 0 Å². The molecule has 0 fully saturated rings. The highest BCUT2D eigenvalue weighted by molar-refractivity contribution is 5.85. The Kier molecular flexibility index (Phi) is 5.49. The first-order chi connectivity index (χ1) is 7.06. The molecule has 6 heteroatoms. The molecule has 0 radical (unpaired) electrons. The predicted molar refractivity (Wildman–Crippen MR) is 63.8 cm³/mol. The van der Waals surface area contributed by atoms with Gasteiger partial charge in [-0.1, -0.05) is 6.08 Å². The van der Waals surface area contributed by atoms with E-state index in [1.54, 1.807) is 6.08 Å². The van der Waals surface area contributed by atoms with Gasteiger partial charge in [0.1, 0.15) is 5.75 Å². The lowest BCUT2D eigenvalue weighted by atomic mass is 10.0. The lowest BCUT2D eigenvalue weighted by Crippen LogP contribution is -2.11. The first-order valence-corrected chi connectivity index (χ1v) is 4.40. The van der Waals surface area contributed by atoms with Crippen LogP contribution in [0, 0.1) is 10.1 Å². The molecular formula is C10H13ClN2O3. The number of nitro groups is 1. The maximum atomic E-state index is 10.7. The summed E-state index contributed by atoms with van der Waals surface area (Å²) in [6, 6.07) is 3.30. The van der Waals surface area contributed by atoms with E-state index in [1.807, 2.05) is 0 Å². The van der Waals surface area contributed by atoms with Crippen molar-refractivity contribution in [1.29, 1.82) is 0 Å². The summed E-state index contributed by atoms with van der Waals surface area (Å²) < 4.78 is 0. The summed E-state index contributed by atoms with van der Waals surface area (Å²) in [7, 11) is 0. The van der Waals surface area contributed by atoms with Crippen LogP contribution in [0.2, 0.25) is 0 Å². The molecular weight excluding hydrogens is 232 g/mol.